The maximum Gasteiger partial charge on any atom is 0.309 e. The summed E-state index contributed by atoms with van der Waals surface area (Å²) in [4.78, 5) is 23.9. The molecule has 0 bridgehead atoms. The van der Waals surface area contributed by atoms with E-state index in [0.717, 1.165) is 34.4 Å². The van der Waals surface area contributed by atoms with Crippen LogP contribution in [0.1, 0.15) is 34.6 Å². The quantitative estimate of drug-likeness (QED) is 0.586. The molecule has 1 fully saturated rings. The summed E-state index contributed by atoms with van der Waals surface area (Å²) >= 11 is 3.47. The van der Waals surface area contributed by atoms with Crippen LogP contribution in [0.2, 0.25) is 0 Å². The van der Waals surface area contributed by atoms with Gasteiger partial charge in [-0.2, -0.15) is 0 Å². The molecule has 0 unspecified atom stereocenters. The highest BCUT2D eigenvalue weighted by molar-refractivity contribution is 9.10. The number of nitrogens with zero attached hydrogens (tertiary/aromatic N) is 1. The minimum Gasteiger partial charge on any atom is -0.457 e. The van der Waals surface area contributed by atoms with Crippen molar-refractivity contribution in [2.45, 2.75) is 26.7 Å². The average Bonchev–Trinajstić information content (AvgIpc) is 3.31. The van der Waals surface area contributed by atoms with Crippen molar-refractivity contribution in [3.63, 3.8) is 0 Å². The number of halogens is 1. The Hall–Kier alpha value is -1.88. The number of aryl methyl sites for hydroxylation is 1. The van der Waals surface area contributed by atoms with Gasteiger partial charge in [0, 0.05) is 27.1 Å². The molecule has 1 aromatic heterocycles. The van der Waals surface area contributed by atoms with E-state index in [0.29, 0.717) is 5.56 Å². The summed E-state index contributed by atoms with van der Waals surface area (Å²) in [7, 11) is 0. The highest BCUT2D eigenvalue weighted by atomic mass is 79.9. The van der Waals surface area contributed by atoms with Gasteiger partial charge in [-0.1, -0.05) is 22.0 Å². The van der Waals surface area contributed by atoms with E-state index in [1.54, 1.807) is 0 Å². The predicted molar refractivity (Wildman–Crippen MR) is 91.0 cm³/mol. The molecule has 0 amide bonds. The Labute approximate surface area is 143 Å². The van der Waals surface area contributed by atoms with Gasteiger partial charge in [-0.25, -0.2) is 0 Å². The van der Waals surface area contributed by atoms with E-state index in [4.69, 9.17) is 4.74 Å². The molecule has 0 N–H and O–H groups in total. The summed E-state index contributed by atoms with van der Waals surface area (Å²) in [5.74, 6) is -0.399. The fraction of sp³-hybridized carbons (Fsp3) is 0.333. The smallest absolute Gasteiger partial charge is 0.309 e. The van der Waals surface area contributed by atoms with Crippen molar-refractivity contribution in [3.05, 3.63) is 51.8 Å². The molecule has 1 aliphatic carbocycles. The standard InChI is InChI=1S/C18H18BrNO3/c1-11-8-16(17(21)10-23-18(22)13-6-7-13)12(2)20(11)15-5-3-4-14(19)9-15/h3-5,8-9,13H,6-7,10H2,1-2H3. The Balaban J connectivity index is 1.82. The van der Waals surface area contributed by atoms with Crippen molar-refractivity contribution in [1.29, 1.82) is 0 Å². The maximum atomic E-state index is 12.4. The average molecular weight is 376 g/mol. The van der Waals surface area contributed by atoms with E-state index in [9.17, 15) is 9.59 Å². The van der Waals surface area contributed by atoms with E-state index in [1.165, 1.54) is 0 Å². The molecule has 1 aromatic carbocycles. The topological polar surface area (TPSA) is 48.3 Å². The lowest BCUT2D eigenvalue weighted by Crippen LogP contribution is -2.15. The zero-order chi connectivity index (χ0) is 16.6. The molecule has 0 saturated heterocycles. The molecule has 5 heteroatoms. The Morgan fingerprint density at radius 2 is 2.00 bits per heavy atom. The number of carbonyl (C=O) groups is 2. The Morgan fingerprint density at radius 1 is 1.26 bits per heavy atom. The summed E-state index contributed by atoms with van der Waals surface area (Å²) in [6, 6.07) is 9.76. The molecule has 23 heavy (non-hydrogen) atoms. The fourth-order valence-electron chi connectivity index (χ4n) is 2.71. The molecule has 4 nitrogen and oxygen atoms in total. The molecule has 0 radical (unpaired) electrons. The number of hydrogen-bond donors (Lipinski definition) is 0. The molecule has 2 aromatic rings. The number of carbonyl (C=O) groups excluding carboxylic acids is 2. The van der Waals surface area contributed by atoms with Crippen LogP contribution in [0.4, 0.5) is 0 Å². The zero-order valence-corrected chi connectivity index (χ0v) is 14.7. The normalized spacial score (nSPS) is 13.9. The van der Waals surface area contributed by atoms with Gasteiger partial charge < -0.3 is 9.30 Å². The van der Waals surface area contributed by atoms with Crippen LogP contribution >= 0.6 is 15.9 Å². The molecule has 0 atom stereocenters. The second-order valence-corrected chi connectivity index (χ2v) is 6.82. The predicted octanol–water partition coefficient (Wildman–Crippen LogP) is 3.99. The van der Waals surface area contributed by atoms with E-state index in [2.05, 4.69) is 15.9 Å². The van der Waals surface area contributed by atoms with Crippen molar-refractivity contribution >= 4 is 27.7 Å². The van der Waals surface area contributed by atoms with Crippen LogP contribution in [0.3, 0.4) is 0 Å². The van der Waals surface area contributed by atoms with Crippen molar-refractivity contribution < 1.29 is 14.3 Å². The largest absolute Gasteiger partial charge is 0.457 e. The van der Waals surface area contributed by atoms with E-state index < -0.39 is 0 Å². The minimum atomic E-state index is -0.251. The lowest BCUT2D eigenvalue weighted by molar-refractivity contribution is -0.144. The molecule has 1 heterocycles. The first kappa shape index (κ1) is 16.0. The van der Waals surface area contributed by atoms with Gasteiger partial charge in [-0.15, -0.1) is 0 Å². The number of hydrogen-bond acceptors (Lipinski definition) is 3. The van der Waals surface area contributed by atoms with Gasteiger partial charge in [0.15, 0.2) is 6.61 Å². The van der Waals surface area contributed by atoms with Crippen molar-refractivity contribution in [2.75, 3.05) is 6.61 Å². The highest BCUT2D eigenvalue weighted by Crippen LogP contribution is 2.30. The maximum absolute atomic E-state index is 12.4. The number of Topliss-reactive ketones (excluding diaryl/α,β-unsaturated/α-hetero) is 1. The second kappa shape index (κ2) is 6.32. The first-order valence-electron chi connectivity index (χ1n) is 7.62. The monoisotopic (exact) mass is 375 g/mol. The first-order chi connectivity index (χ1) is 11.0. The fourth-order valence-corrected chi connectivity index (χ4v) is 3.10. The van der Waals surface area contributed by atoms with Crippen LogP contribution in [0.25, 0.3) is 5.69 Å². The van der Waals surface area contributed by atoms with Crippen LogP contribution in [-0.2, 0) is 9.53 Å². The molecular formula is C18H18BrNO3. The van der Waals surface area contributed by atoms with Crippen LogP contribution in [-0.4, -0.2) is 22.9 Å². The lowest BCUT2D eigenvalue weighted by atomic mass is 10.1. The summed E-state index contributed by atoms with van der Waals surface area (Å²) in [5, 5.41) is 0. The van der Waals surface area contributed by atoms with Gasteiger partial charge in [-0.3, -0.25) is 9.59 Å². The summed E-state index contributed by atoms with van der Waals surface area (Å²) < 4.78 is 8.11. The van der Waals surface area contributed by atoms with Crippen molar-refractivity contribution in [2.24, 2.45) is 5.92 Å². The van der Waals surface area contributed by atoms with Crippen LogP contribution in [0.15, 0.2) is 34.8 Å². The Bertz CT molecular complexity index is 775. The summed E-state index contributed by atoms with van der Waals surface area (Å²) in [5.41, 5.74) is 3.42. The van der Waals surface area contributed by atoms with Gasteiger partial charge >= 0.3 is 5.97 Å². The van der Waals surface area contributed by atoms with Gasteiger partial charge in [0.1, 0.15) is 0 Å². The SMILES string of the molecule is Cc1cc(C(=O)COC(=O)C2CC2)c(C)n1-c1cccc(Br)c1. The van der Waals surface area contributed by atoms with Gasteiger partial charge in [0.25, 0.3) is 0 Å². The summed E-state index contributed by atoms with van der Waals surface area (Å²) in [6.07, 6.45) is 1.76. The van der Waals surface area contributed by atoms with Crippen LogP contribution in [0.5, 0.6) is 0 Å². The molecule has 120 valence electrons. The first-order valence-corrected chi connectivity index (χ1v) is 8.41. The molecule has 1 saturated carbocycles. The van der Waals surface area contributed by atoms with E-state index in [1.807, 2.05) is 48.7 Å². The van der Waals surface area contributed by atoms with Crippen molar-refractivity contribution in [1.82, 2.24) is 4.57 Å². The third-order valence-corrected chi connectivity index (χ3v) is 4.55. The minimum absolute atomic E-state index is 0.0110. The molecular weight excluding hydrogens is 358 g/mol. The van der Waals surface area contributed by atoms with E-state index in [-0.39, 0.29) is 24.3 Å². The van der Waals surface area contributed by atoms with Crippen LogP contribution in [0, 0.1) is 19.8 Å². The lowest BCUT2D eigenvalue weighted by Gasteiger charge is -2.10. The van der Waals surface area contributed by atoms with Crippen molar-refractivity contribution in [3.8, 4) is 5.69 Å². The molecule has 3 rings (SSSR count). The van der Waals surface area contributed by atoms with E-state index >= 15 is 0 Å². The number of benzene rings is 1. The highest BCUT2D eigenvalue weighted by Gasteiger charge is 2.31. The van der Waals surface area contributed by atoms with Gasteiger partial charge in [0.2, 0.25) is 5.78 Å². The zero-order valence-electron chi connectivity index (χ0n) is 13.1. The van der Waals surface area contributed by atoms with Gasteiger partial charge in [-0.05, 0) is 51.0 Å². The number of ether oxygens (including phenoxy) is 1. The summed E-state index contributed by atoms with van der Waals surface area (Å²) in [6.45, 7) is 3.68. The number of aromatic nitrogens is 1. The third-order valence-electron chi connectivity index (χ3n) is 4.05. The molecule has 1 aliphatic rings. The molecule has 0 spiro atoms. The number of rotatable bonds is 5. The Morgan fingerprint density at radius 3 is 2.65 bits per heavy atom. The van der Waals surface area contributed by atoms with Crippen LogP contribution < -0.4 is 0 Å². The second-order valence-electron chi connectivity index (χ2n) is 5.91. The number of esters is 1. The Kier molecular flexibility index (Phi) is 4.39. The molecule has 0 aliphatic heterocycles. The third kappa shape index (κ3) is 3.39. The van der Waals surface area contributed by atoms with Gasteiger partial charge in [0.05, 0.1) is 5.92 Å². The number of ketones is 1.